The molecule has 0 unspecified atom stereocenters. The molecule has 2 aliphatic rings. The van der Waals surface area contributed by atoms with Crippen LogP contribution < -0.4 is 0 Å². The van der Waals surface area contributed by atoms with Crippen molar-refractivity contribution in [1.82, 2.24) is 0 Å². The summed E-state index contributed by atoms with van der Waals surface area (Å²) in [6.45, 7) is 0. The molecule has 1 aromatic rings. The summed E-state index contributed by atoms with van der Waals surface area (Å²) in [6.07, 6.45) is 13.1. The molecule has 2 heteroatoms. The minimum atomic E-state index is 0.445. The average Bonchev–Trinajstić information content (AvgIpc) is 2.57. The molecule has 0 aliphatic heterocycles. The quantitative estimate of drug-likeness (QED) is 0.765. The van der Waals surface area contributed by atoms with Crippen LogP contribution in [0.4, 0.5) is 0 Å². The van der Waals surface area contributed by atoms with E-state index in [4.69, 9.17) is 0 Å². The van der Waals surface area contributed by atoms with Gasteiger partial charge in [-0.2, -0.15) is 0 Å². The van der Waals surface area contributed by atoms with Gasteiger partial charge in [-0.3, -0.25) is 4.79 Å². The second-order valence-corrected chi connectivity index (χ2v) is 6.84. The van der Waals surface area contributed by atoms with Crippen LogP contribution in [-0.2, 0) is 0 Å². The van der Waals surface area contributed by atoms with Crippen LogP contribution in [0.15, 0.2) is 12.1 Å². The molecule has 114 valence electrons. The Hall–Kier alpha value is -1.31. The number of phenols is 1. The largest absolute Gasteiger partial charge is 0.507 e. The van der Waals surface area contributed by atoms with E-state index in [1.807, 2.05) is 12.1 Å². The maximum absolute atomic E-state index is 11.3. The first-order valence-electron chi connectivity index (χ1n) is 8.61. The molecule has 2 fully saturated rings. The number of phenolic OH excluding ortho intramolecular Hbond substituents is 1. The van der Waals surface area contributed by atoms with Crippen molar-refractivity contribution in [2.24, 2.45) is 0 Å². The molecule has 0 spiro atoms. The number of hydrogen-bond acceptors (Lipinski definition) is 2. The Balaban J connectivity index is 1.96. The lowest BCUT2D eigenvalue weighted by molar-refractivity contribution is 0.112. The van der Waals surface area contributed by atoms with Gasteiger partial charge >= 0.3 is 0 Å². The predicted molar refractivity (Wildman–Crippen MR) is 85.1 cm³/mol. The van der Waals surface area contributed by atoms with E-state index in [1.165, 1.54) is 38.5 Å². The minimum Gasteiger partial charge on any atom is -0.507 e. The van der Waals surface area contributed by atoms with Gasteiger partial charge in [0.1, 0.15) is 12.0 Å². The topological polar surface area (TPSA) is 37.3 Å². The number of hydrogen-bond donors (Lipinski definition) is 1. The summed E-state index contributed by atoms with van der Waals surface area (Å²) in [5, 5.41) is 10.8. The molecule has 21 heavy (non-hydrogen) atoms. The Bertz CT molecular complexity index is 455. The van der Waals surface area contributed by atoms with Gasteiger partial charge in [0.05, 0.1) is 0 Å². The first-order chi connectivity index (χ1) is 10.3. The zero-order valence-electron chi connectivity index (χ0n) is 12.8. The number of carbonyl (C=O) groups excluding carboxylic acids is 1. The molecule has 0 saturated heterocycles. The van der Waals surface area contributed by atoms with E-state index in [1.54, 1.807) is 0 Å². The van der Waals surface area contributed by atoms with Crippen molar-refractivity contribution >= 4 is 6.29 Å². The number of carbonyl (C=O) groups is 1. The second kappa shape index (κ2) is 6.64. The maximum atomic E-state index is 11.3. The first kappa shape index (κ1) is 14.6. The molecule has 3 rings (SSSR count). The highest BCUT2D eigenvalue weighted by Crippen LogP contribution is 2.44. The van der Waals surface area contributed by atoms with Gasteiger partial charge in [0, 0.05) is 5.56 Å². The number of benzene rings is 1. The Kier molecular flexibility index (Phi) is 4.62. The van der Waals surface area contributed by atoms with Crippen molar-refractivity contribution in [2.75, 3.05) is 0 Å². The highest BCUT2D eigenvalue weighted by molar-refractivity contribution is 5.77. The number of aldehydes is 1. The first-order valence-corrected chi connectivity index (χ1v) is 8.61. The second-order valence-electron chi connectivity index (χ2n) is 6.84. The van der Waals surface area contributed by atoms with Crippen LogP contribution >= 0.6 is 0 Å². The van der Waals surface area contributed by atoms with Crippen LogP contribution in [-0.4, -0.2) is 11.4 Å². The van der Waals surface area contributed by atoms with Gasteiger partial charge in [0.25, 0.3) is 0 Å². The third-order valence-electron chi connectivity index (χ3n) is 5.42. The summed E-state index contributed by atoms with van der Waals surface area (Å²) < 4.78 is 0. The smallest absolute Gasteiger partial charge is 0.150 e. The van der Waals surface area contributed by atoms with Crippen LogP contribution in [0.25, 0.3) is 0 Å². The monoisotopic (exact) mass is 286 g/mol. The lowest BCUT2D eigenvalue weighted by atomic mass is 9.78. The summed E-state index contributed by atoms with van der Waals surface area (Å²) in [5.74, 6) is 1.39. The third-order valence-corrected chi connectivity index (χ3v) is 5.42. The van der Waals surface area contributed by atoms with Crippen LogP contribution in [0.2, 0.25) is 0 Å². The van der Waals surface area contributed by atoms with Gasteiger partial charge in [0.15, 0.2) is 0 Å². The summed E-state index contributed by atoms with van der Waals surface area (Å²) in [7, 11) is 0. The molecule has 0 aromatic heterocycles. The molecular weight excluding hydrogens is 260 g/mol. The van der Waals surface area contributed by atoms with E-state index in [9.17, 15) is 9.90 Å². The Labute approximate surface area is 127 Å². The standard InChI is InChI=1S/C19H26O2/c20-13-14-11-17(15-7-3-1-4-8-15)19(21)18(12-14)16-9-5-2-6-10-16/h11-13,15-16,21H,1-10H2. The van der Waals surface area contributed by atoms with E-state index in [0.29, 0.717) is 17.6 Å². The van der Waals surface area contributed by atoms with Crippen LogP contribution in [0.3, 0.4) is 0 Å². The summed E-state index contributed by atoms with van der Waals surface area (Å²) in [6, 6.07) is 3.87. The molecule has 2 saturated carbocycles. The van der Waals surface area contributed by atoms with Crippen molar-refractivity contribution in [1.29, 1.82) is 0 Å². The summed E-state index contributed by atoms with van der Waals surface area (Å²) in [4.78, 5) is 11.3. The summed E-state index contributed by atoms with van der Waals surface area (Å²) >= 11 is 0. The Morgan fingerprint density at radius 2 is 1.24 bits per heavy atom. The van der Waals surface area contributed by atoms with Gasteiger partial charge in [-0.05, 0) is 60.8 Å². The van der Waals surface area contributed by atoms with E-state index < -0.39 is 0 Å². The van der Waals surface area contributed by atoms with Crippen LogP contribution in [0, 0.1) is 0 Å². The number of aromatic hydroxyl groups is 1. The lowest BCUT2D eigenvalue weighted by Gasteiger charge is -2.27. The van der Waals surface area contributed by atoms with Gasteiger partial charge in [0.2, 0.25) is 0 Å². The highest BCUT2D eigenvalue weighted by atomic mass is 16.3. The van der Waals surface area contributed by atoms with Crippen molar-refractivity contribution < 1.29 is 9.90 Å². The van der Waals surface area contributed by atoms with E-state index in [2.05, 4.69) is 0 Å². The van der Waals surface area contributed by atoms with Gasteiger partial charge in [-0.25, -0.2) is 0 Å². The molecule has 0 atom stereocenters. The van der Waals surface area contributed by atoms with Crippen molar-refractivity contribution in [3.8, 4) is 5.75 Å². The van der Waals surface area contributed by atoms with Crippen LogP contribution in [0.1, 0.15) is 97.5 Å². The van der Waals surface area contributed by atoms with Crippen molar-refractivity contribution in [3.05, 3.63) is 28.8 Å². The van der Waals surface area contributed by atoms with Gasteiger partial charge in [-0.15, -0.1) is 0 Å². The van der Waals surface area contributed by atoms with Crippen molar-refractivity contribution in [2.45, 2.75) is 76.0 Å². The van der Waals surface area contributed by atoms with Crippen LogP contribution in [0.5, 0.6) is 5.75 Å². The third kappa shape index (κ3) is 3.14. The molecule has 0 radical (unpaired) electrons. The predicted octanol–water partition coefficient (Wildman–Crippen LogP) is 5.30. The normalized spacial score (nSPS) is 21.3. The number of rotatable bonds is 3. The van der Waals surface area contributed by atoms with Crippen molar-refractivity contribution in [3.63, 3.8) is 0 Å². The Morgan fingerprint density at radius 3 is 1.62 bits per heavy atom. The molecular formula is C19H26O2. The van der Waals surface area contributed by atoms with Gasteiger partial charge < -0.3 is 5.11 Å². The lowest BCUT2D eigenvalue weighted by Crippen LogP contribution is -2.10. The van der Waals surface area contributed by atoms with E-state index in [-0.39, 0.29) is 0 Å². The average molecular weight is 286 g/mol. The molecule has 0 amide bonds. The molecule has 0 heterocycles. The SMILES string of the molecule is O=Cc1cc(C2CCCCC2)c(O)c(C2CCCCC2)c1. The fraction of sp³-hybridized carbons (Fsp3) is 0.632. The fourth-order valence-electron chi connectivity index (χ4n) is 4.22. The molecule has 1 aromatic carbocycles. The minimum absolute atomic E-state index is 0.445. The molecule has 0 bridgehead atoms. The molecule has 1 N–H and O–H groups in total. The summed E-state index contributed by atoms with van der Waals surface area (Å²) in [5.41, 5.74) is 2.83. The zero-order chi connectivity index (χ0) is 14.7. The zero-order valence-corrected chi connectivity index (χ0v) is 12.8. The van der Waals surface area contributed by atoms with Gasteiger partial charge in [-0.1, -0.05) is 38.5 Å². The molecule has 2 nitrogen and oxygen atoms in total. The molecule has 2 aliphatic carbocycles. The highest BCUT2D eigenvalue weighted by Gasteiger charge is 2.25. The van der Waals surface area contributed by atoms with E-state index in [0.717, 1.165) is 48.7 Å². The fourth-order valence-corrected chi connectivity index (χ4v) is 4.22. The van der Waals surface area contributed by atoms with E-state index >= 15 is 0 Å². The maximum Gasteiger partial charge on any atom is 0.150 e. The Morgan fingerprint density at radius 1 is 0.810 bits per heavy atom.